The zero-order valence-corrected chi connectivity index (χ0v) is 11.8. The van der Waals surface area contributed by atoms with Crippen molar-refractivity contribution in [2.24, 2.45) is 14.1 Å². The van der Waals surface area contributed by atoms with E-state index >= 15 is 0 Å². The summed E-state index contributed by atoms with van der Waals surface area (Å²) in [7, 11) is 3.15. The quantitative estimate of drug-likeness (QED) is 0.803. The van der Waals surface area contributed by atoms with Crippen LogP contribution in [0.4, 0.5) is 0 Å². The lowest BCUT2D eigenvalue weighted by Crippen LogP contribution is -2.39. The monoisotopic (exact) mass is 273 g/mol. The van der Waals surface area contributed by atoms with E-state index in [-0.39, 0.29) is 11.2 Å². The molecule has 0 unspecified atom stereocenters. The van der Waals surface area contributed by atoms with Crippen LogP contribution in [0.3, 0.4) is 0 Å². The van der Waals surface area contributed by atoms with Crippen molar-refractivity contribution in [3.05, 3.63) is 68.5 Å². The maximum Gasteiger partial charge on any atom is 0.330 e. The Balaban J connectivity index is 1.95. The lowest BCUT2D eigenvalue weighted by Gasteiger charge is -2.08. The summed E-state index contributed by atoms with van der Waals surface area (Å²) >= 11 is 0. The average Bonchev–Trinajstić information content (AvgIpc) is 2.47. The van der Waals surface area contributed by atoms with Gasteiger partial charge in [0.1, 0.15) is 0 Å². The molecule has 106 valence electrons. The molecule has 0 saturated carbocycles. The first-order valence-electron chi connectivity index (χ1n) is 6.60. The molecule has 2 aromatic rings. The number of nitrogens with one attached hydrogen (secondary N) is 1. The largest absolute Gasteiger partial charge is 0.330 e. The van der Waals surface area contributed by atoms with Gasteiger partial charge in [-0.3, -0.25) is 9.36 Å². The average molecular weight is 273 g/mol. The zero-order chi connectivity index (χ0) is 14.5. The molecule has 5 nitrogen and oxygen atoms in total. The normalized spacial score (nSPS) is 10.7. The SMILES string of the molecule is Cn1cc(CNCCc2ccccc2)c(=O)n(C)c1=O. The number of nitrogens with zero attached hydrogens (tertiary/aromatic N) is 2. The molecule has 5 heteroatoms. The van der Waals surface area contributed by atoms with Crippen molar-refractivity contribution in [3.8, 4) is 0 Å². The van der Waals surface area contributed by atoms with Crippen molar-refractivity contribution >= 4 is 0 Å². The van der Waals surface area contributed by atoms with Crippen LogP contribution < -0.4 is 16.6 Å². The van der Waals surface area contributed by atoms with Gasteiger partial charge in [-0.25, -0.2) is 4.79 Å². The van der Waals surface area contributed by atoms with Crippen molar-refractivity contribution in [3.63, 3.8) is 0 Å². The third kappa shape index (κ3) is 3.24. The number of rotatable bonds is 5. The van der Waals surface area contributed by atoms with Crippen LogP contribution in [0, 0.1) is 0 Å². The highest BCUT2D eigenvalue weighted by atomic mass is 16.2. The van der Waals surface area contributed by atoms with Crippen molar-refractivity contribution in [2.45, 2.75) is 13.0 Å². The Morgan fingerprint density at radius 1 is 1.10 bits per heavy atom. The summed E-state index contributed by atoms with van der Waals surface area (Å²) in [4.78, 5) is 23.5. The van der Waals surface area contributed by atoms with Crippen LogP contribution in [-0.4, -0.2) is 15.7 Å². The molecule has 0 aliphatic carbocycles. The second-order valence-corrected chi connectivity index (χ2v) is 4.82. The van der Waals surface area contributed by atoms with Crippen LogP contribution >= 0.6 is 0 Å². The van der Waals surface area contributed by atoms with Gasteiger partial charge in [-0.1, -0.05) is 30.3 Å². The van der Waals surface area contributed by atoms with Crippen LogP contribution in [-0.2, 0) is 27.1 Å². The lowest BCUT2D eigenvalue weighted by atomic mass is 10.1. The Morgan fingerprint density at radius 3 is 2.50 bits per heavy atom. The fourth-order valence-corrected chi connectivity index (χ4v) is 2.10. The molecule has 0 bridgehead atoms. The molecule has 0 saturated heterocycles. The van der Waals surface area contributed by atoms with Crippen LogP contribution in [0.5, 0.6) is 0 Å². The van der Waals surface area contributed by atoms with Gasteiger partial charge in [-0.15, -0.1) is 0 Å². The highest BCUT2D eigenvalue weighted by Gasteiger charge is 2.05. The second kappa shape index (κ2) is 6.34. The molecule has 1 N–H and O–H groups in total. The Kier molecular flexibility index (Phi) is 4.53. The Labute approximate surface area is 117 Å². The van der Waals surface area contributed by atoms with Gasteiger partial charge in [0.2, 0.25) is 0 Å². The molecule has 0 spiro atoms. The fourth-order valence-electron chi connectivity index (χ4n) is 2.10. The molecule has 0 aliphatic rings. The van der Waals surface area contributed by atoms with Gasteiger partial charge in [0, 0.05) is 32.4 Å². The summed E-state index contributed by atoms with van der Waals surface area (Å²) in [6.45, 7) is 1.25. The smallest absolute Gasteiger partial charge is 0.312 e. The minimum atomic E-state index is -0.303. The summed E-state index contributed by atoms with van der Waals surface area (Å²) in [5.41, 5.74) is 1.32. The highest BCUT2D eigenvalue weighted by Crippen LogP contribution is 1.98. The molecule has 20 heavy (non-hydrogen) atoms. The van der Waals surface area contributed by atoms with Crippen LogP contribution in [0.1, 0.15) is 11.1 Å². The molecule has 0 atom stereocenters. The summed E-state index contributed by atoms with van der Waals surface area (Å²) in [6, 6.07) is 10.2. The fraction of sp³-hybridized carbons (Fsp3) is 0.333. The summed E-state index contributed by atoms with van der Waals surface area (Å²) in [5.74, 6) is 0. The standard InChI is InChI=1S/C15H19N3O2/c1-17-11-13(14(19)18(2)15(17)20)10-16-9-8-12-6-4-3-5-7-12/h3-7,11,16H,8-10H2,1-2H3. The van der Waals surface area contributed by atoms with Crippen molar-refractivity contribution in [2.75, 3.05) is 6.54 Å². The van der Waals surface area contributed by atoms with Gasteiger partial charge in [-0.05, 0) is 18.5 Å². The van der Waals surface area contributed by atoms with Gasteiger partial charge < -0.3 is 9.88 Å². The van der Waals surface area contributed by atoms with Crippen molar-refractivity contribution < 1.29 is 0 Å². The second-order valence-electron chi connectivity index (χ2n) is 4.82. The van der Waals surface area contributed by atoms with Crippen molar-refractivity contribution in [1.82, 2.24) is 14.5 Å². The third-order valence-electron chi connectivity index (χ3n) is 3.27. The molecular weight excluding hydrogens is 254 g/mol. The third-order valence-corrected chi connectivity index (χ3v) is 3.27. The summed E-state index contributed by atoms with van der Waals surface area (Å²) in [6.07, 6.45) is 2.51. The Hall–Kier alpha value is -2.14. The molecule has 2 rings (SSSR count). The Morgan fingerprint density at radius 2 is 1.80 bits per heavy atom. The first kappa shape index (κ1) is 14.3. The lowest BCUT2D eigenvalue weighted by molar-refractivity contribution is 0.630. The number of aromatic nitrogens is 2. The van der Waals surface area contributed by atoms with Crippen LogP contribution in [0.15, 0.2) is 46.1 Å². The molecule has 1 aromatic carbocycles. The van der Waals surface area contributed by atoms with E-state index in [1.165, 1.54) is 17.2 Å². The first-order chi connectivity index (χ1) is 9.59. The molecule has 1 heterocycles. The maximum absolute atomic E-state index is 11.9. The number of benzene rings is 1. The molecular formula is C15H19N3O2. The van der Waals surface area contributed by atoms with E-state index in [0.717, 1.165) is 17.5 Å². The van der Waals surface area contributed by atoms with E-state index in [4.69, 9.17) is 0 Å². The van der Waals surface area contributed by atoms with E-state index in [2.05, 4.69) is 17.4 Å². The van der Waals surface area contributed by atoms with Gasteiger partial charge in [0.15, 0.2) is 0 Å². The zero-order valence-electron chi connectivity index (χ0n) is 11.8. The molecule has 0 radical (unpaired) electrons. The minimum absolute atomic E-state index is 0.236. The van der Waals surface area contributed by atoms with E-state index < -0.39 is 0 Å². The van der Waals surface area contributed by atoms with E-state index in [1.807, 2.05) is 18.2 Å². The molecule has 0 aliphatic heterocycles. The van der Waals surface area contributed by atoms with Gasteiger partial charge >= 0.3 is 5.69 Å². The number of aryl methyl sites for hydroxylation is 1. The summed E-state index contributed by atoms with van der Waals surface area (Å²) < 4.78 is 2.56. The van der Waals surface area contributed by atoms with E-state index in [1.54, 1.807) is 13.2 Å². The predicted molar refractivity (Wildman–Crippen MR) is 78.8 cm³/mol. The number of hydrogen-bond acceptors (Lipinski definition) is 3. The number of hydrogen-bond donors (Lipinski definition) is 1. The van der Waals surface area contributed by atoms with Gasteiger partial charge in [0.25, 0.3) is 5.56 Å². The maximum atomic E-state index is 11.9. The molecule has 1 aromatic heterocycles. The minimum Gasteiger partial charge on any atom is -0.312 e. The van der Waals surface area contributed by atoms with E-state index in [0.29, 0.717) is 12.1 Å². The predicted octanol–water partition coefficient (Wildman–Crippen LogP) is 0.416. The van der Waals surface area contributed by atoms with E-state index in [9.17, 15) is 9.59 Å². The Bertz CT molecular complexity index is 687. The van der Waals surface area contributed by atoms with Crippen LogP contribution in [0.25, 0.3) is 0 Å². The van der Waals surface area contributed by atoms with Gasteiger partial charge in [-0.2, -0.15) is 0 Å². The van der Waals surface area contributed by atoms with Crippen molar-refractivity contribution in [1.29, 1.82) is 0 Å². The highest BCUT2D eigenvalue weighted by molar-refractivity contribution is 5.15. The topological polar surface area (TPSA) is 56.0 Å². The summed E-state index contributed by atoms with van der Waals surface area (Å²) in [5, 5.41) is 3.24. The van der Waals surface area contributed by atoms with Crippen LogP contribution in [0.2, 0.25) is 0 Å². The van der Waals surface area contributed by atoms with Gasteiger partial charge in [0.05, 0.1) is 0 Å². The first-order valence-corrected chi connectivity index (χ1v) is 6.60. The molecule has 0 fully saturated rings. The molecule has 0 amide bonds.